The number of hydrogen-bond acceptors (Lipinski definition) is 3. The van der Waals surface area contributed by atoms with Gasteiger partial charge in [-0.05, 0) is 73.5 Å². The Morgan fingerprint density at radius 2 is 1.62 bits per heavy atom. The number of benzene rings is 3. The first-order chi connectivity index (χ1) is 16.2. The largest absolute Gasteiger partial charge is 0.328 e. The molecule has 0 aliphatic carbocycles. The number of nitrogens with zero attached hydrogens (tertiary/aromatic N) is 1. The van der Waals surface area contributed by atoms with Crippen molar-refractivity contribution in [3.8, 4) is 0 Å². The Kier molecular flexibility index (Phi) is 6.72. The van der Waals surface area contributed by atoms with E-state index in [9.17, 15) is 14.4 Å². The lowest BCUT2D eigenvalue weighted by Crippen LogP contribution is -2.36. The Morgan fingerprint density at radius 1 is 0.853 bits per heavy atom. The van der Waals surface area contributed by atoms with Crippen molar-refractivity contribution in [2.75, 3.05) is 16.1 Å². The highest BCUT2D eigenvalue weighted by Gasteiger charge is 2.21. The van der Waals surface area contributed by atoms with Gasteiger partial charge in [-0.1, -0.05) is 45.7 Å². The first kappa shape index (κ1) is 23.5. The van der Waals surface area contributed by atoms with Gasteiger partial charge in [0, 0.05) is 15.5 Å². The normalized spacial score (nSPS) is 10.7. The molecule has 0 saturated carbocycles. The van der Waals surface area contributed by atoms with Crippen LogP contribution in [0.3, 0.4) is 0 Å². The Morgan fingerprint density at radius 3 is 2.35 bits per heavy atom. The van der Waals surface area contributed by atoms with Crippen LogP contribution < -0.4 is 16.1 Å². The summed E-state index contributed by atoms with van der Waals surface area (Å²) in [5.41, 5.74) is 6.29. The molecule has 0 aliphatic heterocycles. The average molecular weight is 540 g/mol. The third-order valence-corrected chi connectivity index (χ3v) is 6.13. The smallest absolute Gasteiger partial charge is 0.321 e. The van der Waals surface area contributed by atoms with Crippen molar-refractivity contribution >= 4 is 67.5 Å². The van der Waals surface area contributed by atoms with E-state index in [0.29, 0.717) is 27.3 Å². The second kappa shape index (κ2) is 9.70. The van der Waals surface area contributed by atoms with E-state index >= 15 is 0 Å². The van der Waals surface area contributed by atoms with E-state index in [1.54, 1.807) is 48.5 Å². The number of aryl methyl sites for hydroxylation is 2. The number of halogens is 2. The molecule has 1 aromatic heterocycles. The zero-order valence-electron chi connectivity index (χ0n) is 18.3. The second-order valence-corrected chi connectivity index (χ2v) is 9.02. The molecule has 3 aromatic carbocycles. The van der Waals surface area contributed by atoms with Crippen LogP contribution in [0.5, 0.6) is 0 Å². The summed E-state index contributed by atoms with van der Waals surface area (Å²) in [5, 5.41) is 6.33. The average Bonchev–Trinajstić information content (AvgIpc) is 3.15. The molecule has 0 spiro atoms. The molecule has 0 unspecified atom stereocenters. The Hall–Kier alpha value is -3.62. The minimum Gasteiger partial charge on any atom is -0.321 e. The van der Waals surface area contributed by atoms with Crippen LogP contribution in [0.15, 0.2) is 71.2 Å². The van der Waals surface area contributed by atoms with Crippen molar-refractivity contribution in [1.29, 1.82) is 0 Å². The summed E-state index contributed by atoms with van der Waals surface area (Å²) in [6.07, 6.45) is 0. The number of rotatable bonds is 4. The molecule has 4 rings (SSSR count). The van der Waals surface area contributed by atoms with Crippen molar-refractivity contribution in [2.45, 2.75) is 13.8 Å². The summed E-state index contributed by atoms with van der Waals surface area (Å²) in [7, 11) is 0. The predicted octanol–water partition coefficient (Wildman–Crippen LogP) is 5.64. The number of carbonyl (C=O) groups excluding carboxylic acids is 3. The monoisotopic (exact) mass is 538 g/mol. The van der Waals surface area contributed by atoms with Crippen molar-refractivity contribution in [3.63, 3.8) is 0 Å². The lowest BCUT2D eigenvalue weighted by Gasteiger charge is -2.13. The molecular formula is C25H20BrClN4O3. The molecule has 0 atom stereocenters. The van der Waals surface area contributed by atoms with Gasteiger partial charge in [0.15, 0.2) is 0 Å². The molecule has 0 aliphatic rings. The second-order valence-electron chi connectivity index (χ2n) is 7.70. The number of para-hydroxylation sites is 1. The van der Waals surface area contributed by atoms with E-state index in [2.05, 4.69) is 32.0 Å². The molecule has 3 amide bonds. The highest BCUT2D eigenvalue weighted by atomic mass is 79.9. The molecule has 0 saturated heterocycles. The first-order valence-corrected chi connectivity index (χ1v) is 11.5. The number of aromatic nitrogens is 1. The van der Waals surface area contributed by atoms with Gasteiger partial charge in [-0.15, -0.1) is 0 Å². The number of carbonyl (C=O) groups is 3. The molecule has 0 bridgehead atoms. The Bertz CT molecular complexity index is 1450. The summed E-state index contributed by atoms with van der Waals surface area (Å²) in [6.45, 7) is 3.94. The fraction of sp³-hybridized carbons (Fsp3) is 0.0800. The summed E-state index contributed by atoms with van der Waals surface area (Å²) in [4.78, 5) is 38.4. The van der Waals surface area contributed by atoms with Crippen LogP contribution in [0, 0.1) is 13.8 Å². The van der Waals surface area contributed by atoms with Crippen LogP contribution >= 0.6 is 27.5 Å². The highest BCUT2D eigenvalue weighted by molar-refractivity contribution is 9.10. The minimum absolute atomic E-state index is 0.158. The van der Waals surface area contributed by atoms with E-state index in [4.69, 9.17) is 11.6 Å². The lowest BCUT2D eigenvalue weighted by atomic mass is 10.1. The number of amides is 3. The van der Waals surface area contributed by atoms with Crippen LogP contribution in [0.1, 0.15) is 21.6 Å². The van der Waals surface area contributed by atoms with Crippen LogP contribution in [0.25, 0.3) is 10.9 Å². The van der Waals surface area contributed by atoms with E-state index < -0.39 is 17.7 Å². The molecule has 0 radical (unpaired) electrons. The van der Waals surface area contributed by atoms with Gasteiger partial charge in [0.25, 0.3) is 5.91 Å². The van der Waals surface area contributed by atoms with Gasteiger partial charge in [-0.3, -0.25) is 19.8 Å². The fourth-order valence-electron chi connectivity index (χ4n) is 3.38. The summed E-state index contributed by atoms with van der Waals surface area (Å²) >= 11 is 9.48. The van der Waals surface area contributed by atoms with Crippen LogP contribution in [0.4, 0.5) is 11.4 Å². The van der Waals surface area contributed by atoms with Crippen molar-refractivity contribution in [3.05, 3.63) is 93.0 Å². The summed E-state index contributed by atoms with van der Waals surface area (Å²) in [6, 6.07) is 19.1. The van der Waals surface area contributed by atoms with Gasteiger partial charge >= 0.3 is 11.8 Å². The molecule has 7 nitrogen and oxygen atoms in total. The molecule has 0 fully saturated rings. The van der Waals surface area contributed by atoms with Crippen LogP contribution in [-0.2, 0) is 9.59 Å². The van der Waals surface area contributed by atoms with Gasteiger partial charge in [-0.2, -0.15) is 0 Å². The molecule has 9 heteroatoms. The summed E-state index contributed by atoms with van der Waals surface area (Å²) in [5.74, 6) is -2.32. The van der Waals surface area contributed by atoms with Gasteiger partial charge < -0.3 is 10.6 Å². The number of fused-ring (bicyclic) bond motifs is 1. The number of nitrogens with one attached hydrogen (secondary N) is 3. The van der Waals surface area contributed by atoms with Gasteiger partial charge in [-0.25, -0.2) is 4.68 Å². The zero-order chi connectivity index (χ0) is 24.4. The van der Waals surface area contributed by atoms with Crippen LogP contribution in [0.2, 0.25) is 5.02 Å². The molecule has 1 heterocycles. The van der Waals surface area contributed by atoms with Crippen LogP contribution in [-0.4, -0.2) is 22.4 Å². The van der Waals surface area contributed by atoms with E-state index in [-0.39, 0.29) is 5.69 Å². The quantitative estimate of drug-likeness (QED) is 0.293. The number of anilines is 2. The SMILES string of the molecule is Cc1ccc(NC(=O)c2cc3cc(Br)ccc3n2NC(=O)C(=O)Nc2ccccc2Cl)cc1C. The molecule has 172 valence electrons. The van der Waals surface area contributed by atoms with Crippen molar-refractivity contribution < 1.29 is 14.4 Å². The molecule has 34 heavy (non-hydrogen) atoms. The predicted molar refractivity (Wildman–Crippen MR) is 138 cm³/mol. The van der Waals surface area contributed by atoms with E-state index in [0.717, 1.165) is 15.6 Å². The minimum atomic E-state index is -0.958. The fourth-order valence-corrected chi connectivity index (χ4v) is 3.94. The zero-order valence-corrected chi connectivity index (χ0v) is 20.6. The number of hydrogen-bond donors (Lipinski definition) is 3. The summed E-state index contributed by atoms with van der Waals surface area (Å²) < 4.78 is 2.10. The van der Waals surface area contributed by atoms with Crippen molar-refractivity contribution in [2.24, 2.45) is 0 Å². The molecule has 4 aromatic rings. The Labute approximate surface area is 209 Å². The van der Waals surface area contributed by atoms with E-state index in [1.165, 1.54) is 4.68 Å². The maximum absolute atomic E-state index is 13.2. The van der Waals surface area contributed by atoms with Crippen molar-refractivity contribution in [1.82, 2.24) is 4.68 Å². The standard InChI is InChI=1S/C25H20BrClN4O3/c1-14-7-9-18(11-15(14)2)28-23(32)22-13-16-12-17(26)8-10-21(16)31(22)30-25(34)24(33)29-20-6-4-3-5-19(20)27/h3-13H,1-2H3,(H,28,32)(H,29,33)(H,30,34). The third-order valence-electron chi connectivity index (χ3n) is 5.30. The van der Waals surface area contributed by atoms with Gasteiger partial charge in [0.2, 0.25) is 0 Å². The maximum Gasteiger partial charge on any atom is 0.328 e. The molecule has 3 N–H and O–H groups in total. The maximum atomic E-state index is 13.2. The van der Waals surface area contributed by atoms with Gasteiger partial charge in [0.1, 0.15) is 5.69 Å². The molecular weight excluding hydrogens is 520 g/mol. The topological polar surface area (TPSA) is 92.2 Å². The third kappa shape index (κ3) is 4.98. The lowest BCUT2D eigenvalue weighted by molar-refractivity contribution is -0.133. The highest BCUT2D eigenvalue weighted by Crippen LogP contribution is 2.25. The van der Waals surface area contributed by atoms with Gasteiger partial charge in [0.05, 0.1) is 16.2 Å². The first-order valence-electron chi connectivity index (χ1n) is 10.3. The Balaban J connectivity index is 1.64. The van der Waals surface area contributed by atoms with E-state index in [1.807, 2.05) is 32.0 Å².